The van der Waals surface area contributed by atoms with Gasteiger partial charge < -0.3 is 15.2 Å². The van der Waals surface area contributed by atoms with Crippen molar-refractivity contribution < 1.29 is 37.0 Å². The maximum Gasteiger partial charge on any atom is 0.461 e. The summed E-state index contributed by atoms with van der Waals surface area (Å²) < 4.78 is 53.7. The Bertz CT molecular complexity index is 851. The highest BCUT2D eigenvalue weighted by molar-refractivity contribution is 6.06. The van der Waals surface area contributed by atoms with Crippen LogP contribution < -0.4 is 10.1 Å². The van der Waals surface area contributed by atoms with E-state index in [2.05, 4.69) is 10.1 Å². The molecule has 0 saturated carbocycles. The maximum absolute atomic E-state index is 12.8. The molecule has 0 atom stereocenters. The van der Waals surface area contributed by atoms with Crippen LogP contribution in [-0.2, 0) is 4.79 Å². The van der Waals surface area contributed by atoms with Crippen molar-refractivity contribution in [2.24, 2.45) is 0 Å². The molecule has 0 unspecified atom stereocenters. The topological polar surface area (TPSA) is 75.6 Å². The molecule has 142 valence electrons. The number of ether oxygens (including phenoxy) is 1. The number of carboxylic acids is 1. The zero-order valence-electron chi connectivity index (χ0n) is 13.5. The standard InChI is InChI=1S/C18H13F4NO4/c19-17(20)18(21,22)27-12-8-5-11(6-9-12)7-10-15(24)23-14-4-2-1-3-13(14)16(25)26/h1-10,17H,(H,23,24)(H,25,26)/b10-7+. The summed E-state index contributed by atoms with van der Waals surface area (Å²) in [5, 5.41) is 11.4. The molecule has 0 radical (unpaired) electrons. The second-order valence-electron chi connectivity index (χ2n) is 5.21. The van der Waals surface area contributed by atoms with Gasteiger partial charge in [0.1, 0.15) is 5.75 Å². The Kier molecular flexibility index (Phi) is 6.17. The van der Waals surface area contributed by atoms with Crippen molar-refractivity contribution in [1.82, 2.24) is 0 Å². The van der Waals surface area contributed by atoms with Crippen LogP contribution in [0.1, 0.15) is 15.9 Å². The summed E-state index contributed by atoms with van der Waals surface area (Å²) in [4.78, 5) is 23.0. The van der Waals surface area contributed by atoms with Gasteiger partial charge in [-0.2, -0.15) is 17.6 Å². The number of carboxylic acid groups (broad SMARTS) is 1. The third-order valence-corrected chi connectivity index (χ3v) is 3.23. The largest absolute Gasteiger partial charge is 0.478 e. The van der Waals surface area contributed by atoms with Crippen LogP contribution in [0.3, 0.4) is 0 Å². The van der Waals surface area contributed by atoms with Gasteiger partial charge in [0.05, 0.1) is 11.3 Å². The van der Waals surface area contributed by atoms with E-state index in [1.54, 1.807) is 6.07 Å². The van der Waals surface area contributed by atoms with Crippen LogP contribution in [0.5, 0.6) is 5.75 Å². The average Bonchev–Trinajstić information content (AvgIpc) is 2.61. The summed E-state index contributed by atoms with van der Waals surface area (Å²) in [5.74, 6) is -2.28. The fourth-order valence-electron chi connectivity index (χ4n) is 1.97. The fourth-order valence-corrected chi connectivity index (χ4v) is 1.97. The van der Waals surface area contributed by atoms with E-state index in [1.807, 2.05) is 0 Å². The lowest BCUT2D eigenvalue weighted by Crippen LogP contribution is -2.33. The number of aromatic carboxylic acids is 1. The van der Waals surface area contributed by atoms with Crippen molar-refractivity contribution in [3.05, 3.63) is 65.7 Å². The molecule has 2 aromatic rings. The number of anilines is 1. The highest BCUT2D eigenvalue weighted by Gasteiger charge is 2.43. The van der Waals surface area contributed by atoms with Crippen LogP contribution in [0, 0.1) is 0 Å². The molecule has 0 bridgehead atoms. The van der Waals surface area contributed by atoms with Gasteiger partial charge in [0.15, 0.2) is 0 Å². The van der Waals surface area contributed by atoms with E-state index >= 15 is 0 Å². The Labute approximate surface area is 150 Å². The van der Waals surface area contributed by atoms with Gasteiger partial charge in [0, 0.05) is 6.08 Å². The molecule has 0 heterocycles. The third-order valence-electron chi connectivity index (χ3n) is 3.23. The van der Waals surface area contributed by atoms with Crippen LogP contribution in [0.2, 0.25) is 0 Å². The number of nitrogens with one attached hydrogen (secondary N) is 1. The molecular weight excluding hydrogens is 370 g/mol. The number of benzene rings is 2. The second kappa shape index (κ2) is 8.35. The van der Waals surface area contributed by atoms with Crippen LogP contribution in [-0.4, -0.2) is 29.5 Å². The zero-order chi connectivity index (χ0) is 20.0. The molecule has 0 saturated heterocycles. The summed E-state index contributed by atoms with van der Waals surface area (Å²) >= 11 is 0. The van der Waals surface area contributed by atoms with E-state index in [9.17, 15) is 27.2 Å². The monoisotopic (exact) mass is 383 g/mol. The van der Waals surface area contributed by atoms with Crippen LogP contribution in [0.4, 0.5) is 23.2 Å². The predicted octanol–water partition coefficient (Wildman–Crippen LogP) is 4.27. The van der Waals surface area contributed by atoms with E-state index < -0.39 is 30.2 Å². The Balaban J connectivity index is 2.02. The summed E-state index contributed by atoms with van der Waals surface area (Å²) in [6, 6.07) is 10.5. The Hall–Kier alpha value is -3.36. The van der Waals surface area contributed by atoms with Crippen molar-refractivity contribution in [3.8, 4) is 5.75 Å². The third kappa shape index (κ3) is 5.56. The second-order valence-corrected chi connectivity index (χ2v) is 5.21. The lowest BCUT2D eigenvalue weighted by Gasteiger charge is -2.16. The lowest BCUT2D eigenvalue weighted by molar-refractivity contribution is -0.253. The molecule has 2 N–H and O–H groups in total. The molecule has 27 heavy (non-hydrogen) atoms. The predicted molar refractivity (Wildman–Crippen MR) is 89.1 cm³/mol. The molecular formula is C18H13F4NO4. The molecule has 0 fully saturated rings. The number of carbonyl (C=O) groups excluding carboxylic acids is 1. The summed E-state index contributed by atoms with van der Waals surface area (Å²) in [7, 11) is 0. The number of para-hydroxylation sites is 1. The van der Waals surface area contributed by atoms with Gasteiger partial charge in [-0.25, -0.2) is 4.79 Å². The number of rotatable bonds is 7. The first kappa shape index (κ1) is 20.0. The van der Waals surface area contributed by atoms with Gasteiger partial charge in [-0.05, 0) is 35.9 Å². The van der Waals surface area contributed by atoms with Gasteiger partial charge in [-0.15, -0.1) is 0 Å². The number of hydrogen-bond acceptors (Lipinski definition) is 3. The van der Waals surface area contributed by atoms with Gasteiger partial charge >= 0.3 is 18.5 Å². The fraction of sp³-hybridized carbons (Fsp3) is 0.111. The minimum atomic E-state index is -4.60. The van der Waals surface area contributed by atoms with Gasteiger partial charge in [0.25, 0.3) is 0 Å². The lowest BCUT2D eigenvalue weighted by atomic mass is 10.1. The summed E-state index contributed by atoms with van der Waals surface area (Å²) in [5.41, 5.74) is 0.433. The zero-order valence-corrected chi connectivity index (χ0v) is 13.5. The van der Waals surface area contributed by atoms with E-state index in [1.165, 1.54) is 36.4 Å². The van der Waals surface area contributed by atoms with Gasteiger partial charge in [-0.3, -0.25) is 4.79 Å². The summed E-state index contributed by atoms with van der Waals surface area (Å²) in [6.07, 6.45) is -6.14. The molecule has 9 heteroatoms. The molecule has 0 spiro atoms. The van der Waals surface area contributed by atoms with Crippen molar-refractivity contribution in [1.29, 1.82) is 0 Å². The van der Waals surface area contributed by atoms with Crippen LogP contribution >= 0.6 is 0 Å². The molecule has 5 nitrogen and oxygen atoms in total. The van der Waals surface area contributed by atoms with Crippen molar-refractivity contribution in [2.45, 2.75) is 12.5 Å². The van der Waals surface area contributed by atoms with Crippen LogP contribution in [0.15, 0.2) is 54.6 Å². The minimum absolute atomic E-state index is 0.0827. The van der Waals surface area contributed by atoms with Crippen molar-refractivity contribution >= 4 is 23.6 Å². The molecule has 2 aromatic carbocycles. The number of amides is 1. The number of hydrogen-bond donors (Lipinski definition) is 2. The molecule has 1 amide bonds. The Morgan fingerprint density at radius 3 is 2.30 bits per heavy atom. The minimum Gasteiger partial charge on any atom is -0.478 e. The first-order chi connectivity index (χ1) is 12.7. The molecule has 0 aliphatic carbocycles. The van der Waals surface area contributed by atoms with Gasteiger partial charge in [0.2, 0.25) is 5.91 Å². The first-order valence-electron chi connectivity index (χ1n) is 7.45. The Morgan fingerprint density at radius 1 is 1.07 bits per heavy atom. The quantitative estimate of drug-likeness (QED) is 0.553. The normalized spacial score (nSPS) is 11.6. The maximum atomic E-state index is 12.8. The number of alkyl halides is 4. The van der Waals surface area contributed by atoms with E-state index in [-0.39, 0.29) is 11.3 Å². The van der Waals surface area contributed by atoms with Gasteiger partial charge in [-0.1, -0.05) is 24.3 Å². The molecule has 2 rings (SSSR count). The first-order valence-corrected chi connectivity index (χ1v) is 7.45. The van der Waals surface area contributed by atoms with Crippen molar-refractivity contribution in [2.75, 3.05) is 5.32 Å². The Morgan fingerprint density at radius 2 is 1.70 bits per heavy atom. The highest BCUT2D eigenvalue weighted by Crippen LogP contribution is 2.27. The highest BCUT2D eigenvalue weighted by atomic mass is 19.3. The number of halogens is 4. The molecule has 0 aliphatic rings. The van der Waals surface area contributed by atoms with Crippen molar-refractivity contribution in [3.63, 3.8) is 0 Å². The summed E-state index contributed by atoms with van der Waals surface area (Å²) in [6.45, 7) is 0. The average molecular weight is 383 g/mol. The smallest absolute Gasteiger partial charge is 0.461 e. The number of carbonyl (C=O) groups is 2. The van der Waals surface area contributed by atoms with E-state index in [0.717, 1.165) is 18.2 Å². The molecule has 0 aromatic heterocycles. The van der Waals surface area contributed by atoms with E-state index in [4.69, 9.17) is 5.11 Å². The SMILES string of the molecule is O=C(/C=C/c1ccc(OC(F)(F)C(F)F)cc1)Nc1ccccc1C(=O)O. The van der Waals surface area contributed by atoms with E-state index in [0.29, 0.717) is 5.56 Å². The van der Waals surface area contributed by atoms with Crippen LogP contribution in [0.25, 0.3) is 6.08 Å². The molecule has 0 aliphatic heterocycles.